The molecular formula is C31H36FN3O2. The van der Waals surface area contributed by atoms with Crippen LogP contribution in [0.25, 0.3) is 11.1 Å². The van der Waals surface area contributed by atoms with Gasteiger partial charge in [-0.2, -0.15) is 0 Å². The van der Waals surface area contributed by atoms with Gasteiger partial charge in [-0.05, 0) is 60.9 Å². The second-order valence-corrected chi connectivity index (χ2v) is 10.5. The Labute approximate surface area is 219 Å². The van der Waals surface area contributed by atoms with Crippen LogP contribution in [0.5, 0.6) is 5.75 Å². The maximum absolute atomic E-state index is 13.5. The Morgan fingerprint density at radius 1 is 0.919 bits per heavy atom. The largest absolute Gasteiger partial charge is 0.490 e. The lowest BCUT2D eigenvalue weighted by atomic mass is 9.97. The smallest absolute Gasteiger partial charge is 0.254 e. The van der Waals surface area contributed by atoms with Gasteiger partial charge in [0, 0.05) is 63.2 Å². The number of hydrogen-bond acceptors (Lipinski definition) is 4. The summed E-state index contributed by atoms with van der Waals surface area (Å²) < 4.78 is 19.2. The first-order valence-corrected chi connectivity index (χ1v) is 13.3. The zero-order chi connectivity index (χ0) is 25.8. The van der Waals surface area contributed by atoms with Gasteiger partial charge in [0.1, 0.15) is 17.7 Å². The standard InChI is InChI=1S/C31H36FN3O2/c1-22-19-34(20-23(2)33-22)21-24-7-9-25(10-8-24)29-5-3-4-6-30(29)31(36)35-17-15-28(16-18-35)37-27-13-11-26(32)12-14-27/h3-14,22-23,28,33H,15-21H2,1-2H3/t22-,23+. The zero-order valence-electron chi connectivity index (χ0n) is 21.7. The van der Waals surface area contributed by atoms with E-state index in [1.165, 1.54) is 17.7 Å². The molecule has 0 radical (unpaired) electrons. The molecule has 2 heterocycles. The number of halogens is 1. The lowest BCUT2D eigenvalue weighted by Gasteiger charge is -2.36. The van der Waals surface area contributed by atoms with E-state index in [0.717, 1.165) is 49.2 Å². The second-order valence-electron chi connectivity index (χ2n) is 10.5. The van der Waals surface area contributed by atoms with Crippen LogP contribution in [-0.4, -0.2) is 60.1 Å². The molecule has 0 aliphatic carbocycles. The number of likely N-dealkylation sites (tertiary alicyclic amines) is 1. The Balaban J connectivity index is 1.22. The third-order valence-electron chi connectivity index (χ3n) is 7.31. The van der Waals surface area contributed by atoms with Gasteiger partial charge in [0.15, 0.2) is 0 Å². The molecule has 194 valence electrons. The van der Waals surface area contributed by atoms with Gasteiger partial charge in [-0.1, -0.05) is 42.5 Å². The van der Waals surface area contributed by atoms with Crippen LogP contribution in [0.15, 0.2) is 72.8 Å². The van der Waals surface area contributed by atoms with Crippen molar-refractivity contribution in [2.24, 2.45) is 0 Å². The molecule has 5 nitrogen and oxygen atoms in total. The summed E-state index contributed by atoms with van der Waals surface area (Å²) in [6.45, 7) is 8.79. The minimum atomic E-state index is -0.273. The molecule has 2 saturated heterocycles. The third-order valence-corrected chi connectivity index (χ3v) is 7.31. The number of piperidine rings is 1. The molecule has 5 rings (SSSR count). The number of benzene rings is 3. The van der Waals surface area contributed by atoms with Crippen LogP contribution in [0.3, 0.4) is 0 Å². The van der Waals surface area contributed by atoms with Gasteiger partial charge >= 0.3 is 0 Å². The van der Waals surface area contributed by atoms with Gasteiger partial charge in [0.25, 0.3) is 5.91 Å². The van der Waals surface area contributed by atoms with Crippen molar-refractivity contribution in [3.05, 3.63) is 89.7 Å². The Hall–Kier alpha value is -3.22. The highest BCUT2D eigenvalue weighted by molar-refractivity contribution is 6.01. The first-order valence-electron chi connectivity index (χ1n) is 13.3. The Morgan fingerprint density at radius 2 is 1.57 bits per heavy atom. The molecule has 2 aliphatic heterocycles. The van der Waals surface area contributed by atoms with E-state index in [1.54, 1.807) is 12.1 Å². The molecule has 0 bridgehead atoms. The van der Waals surface area contributed by atoms with Crippen molar-refractivity contribution in [2.45, 2.75) is 51.4 Å². The molecule has 3 aromatic rings. The number of ether oxygens (including phenoxy) is 1. The highest BCUT2D eigenvalue weighted by atomic mass is 19.1. The molecule has 0 unspecified atom stereocenters. The first kappa shape index (κ1) is 25.4. The van der Waals surface area contributed by atoms with Gasteiger partial charge < -0.3 is 15.0 Å². The fourth-order valence-electron chi connectivity index (χ4n) is 5.59. The molecule has 37 heavy (non-hydrogen) atoms. The normalized spacial score (nSPS) is 21.1. The fraction of sp³-hybridized carbons (Fsp3) is 0.387. The molecule has 0 spiro atoms. The number of carbonyl (C=O) groups is 1. The molecule has 3 aromatic carbocycles. The van der Waals surface area contributed by atoms with Crippen LogP contribution in [-0.2, 0) is 6.54 Å². The van der Waals surface area contributed by atoms with Crippen LogP contribution in [0, 0.1) is 5.82 Å². The monoisotopic (exact) mass is 501 g/mol. The number of hydrogen-bond donors (Lipinski definition) is 1. The number of amides is 1. The molecule has 0 saturated carbocycles. The van der Waals surface area contributed by atoms with Crippen molar-refractivity contribution in [3.63, 3.8) is 0 Å². The molecule has 0 aromatic heterocycles. The summed E-state index contributed by atoms with van der Waals surface area (Å²) in [4.78, 5) is 17.9. The molecule has 2 fully saturated rings. The van der Waals surface area contributed by atoms with Crippen LogP contribution >= 0.6 is 0 Å². The van der Waals surface area contributed by atoms with E-state index in [2.05, 4.69) is 48.3 Å². The summed E-state index contributed by atoms with van der Waals surface area (Å²) in [5.41, 5.74) is 4.05. The molecule has 2 atom stereocenters. The predicted molar refractivity (Wildman–Crippen MR) is 145 cm³/mol. The second kappa shape index (κ2) is 11.4. The van der Waals surface area contributed by atoms with E-state index < -0.39 is 0 Å². The minimum Gasteiger partial charge on any atom is -0.490 e. The molecular weight excluding hydrogens is 465 g/mol. The minimum absolute atomic E-state index is 0.0268. The number of nitrogens with one attached hydrogen (secondary N) is 1. The summed E-state index contributed by atoms with van der Waals surface area (Å²) in [6, 6.07) is 23.7. The zero-order valence-corrected chi connectivity index (χ0v) is 21.7. The van der Waals surface area contributed by atoms with E-state index >= 15 is 0 Å². The summed E-state index contributed by atoms with van der Waals surface area (Å²) in [7, 11) is 0. The summed E-state index contributed by atoms with van der Waals surface area (Å²) in [5, 5.41) is 3.59. The number of carbonyl (C=O) groups excluding carboxylic acids is 1. The van der Waals surface area contributed by atoms with Gasteiger partial charge in [-0.3, -0.25) is 9.69 Å². The van der Waals surface area contributed by atoms with Gasteiger partial charge in [-0.15, -0.1) is 0 Å². The molecule has 2 aliphatic rings. The number of piperazine rings is 1. The molecule has 1 amide bonds. The van der Waals surface area contributed by atoms with E-state index in [4.69, 9.17) is 4.74 Å². The van der Waals surface area contributed by atoms with Gasteiger partial charge in [-0.25, -0.2) is 4.39 Å². The van der Waals surface area contributed by atoms with Crippen molar-refractivity contribution in [1.29, 1.82) is 0 Å². The predicted octanol–water partition coefficient (Wildman–Crippen LogP) is 5.36. The molecule has 1 N–H and O–H groups in total. The number of nitrogens with zero attached hydrogens (tertiary/aromatic N) is 2. The average Bonchev–Trinajstić information content (AvgIpc) is 2.90. The van der Waals surface area contributed by atoms with Crippen LogP contribution in [0.1, 0.15) is 42.6 Å². The molecule has 6 heteroatoms. The van der Waals surface area contributed by atoms with E-state index in [9.17, 15) is 9.18 Å². The van der Waals surface area contributed by atoms with Crippen LogP contribution < -0.4 is 10.1 Å². The topological polar surface area (TPSA) is 44.8 Å². The number of rotatable bonds is 6. The van der Waals surface area contributed by atoms with Crippen molar-refractivity contribution < 1.29 is 13.9 Å². The first-order chi connectivity index (χ1) is 17.9. The van der Waals surface area contributed by atoms with Crippen molar-refractivity contribution >= 4 is 5.91 Å². The third kappa shape index (κ3) is 6.38. The maximum Gasteiger partial charge on any atom is 0.254 e. The Morgan fingerprint density at radius 3 is 2.24 bits per heavy atom. The van der Waals surface area contributed by atoms with Gasteiger partial charge in [0.05, 0.1) is 0 Å². The maximum atomic E-state index is 13.5. The lowest BCUT2D eigenvalue weighted by molar-refractivity contribution is 0.0596. The quantitative estimate of drug-likeness (QED) is 0.494. The Kier molecular flexibility index (Phi) is 7.87. The van der Waals surface area contributed by atoms with Crippen molar-refractivity contribution in [2.75, 3.05) is 26.2 Å². The van der Waals surface area contributed by atoms with Gasteiger partial charge in [0.2, 0.25) is 0 Å². The van der Waals surface area contributed by atoms with Crippen molar-refractivity contribution in [3.8, 4) is 16.9 Å². The van der Waals surface area contributed by atoms with Crippen LogP contribution in [0.4, 0.5) is 4.39 Å². The average molecular weight is 502 g/mol. The van der Waals surface area contributed by atoms with Crippen molar-refractivity contribution in [1.82, 2.24) is 15.1 Å². The van der Waals surface area contributed by atoms with E-state index in [-0.39, 0.29) is 17.8 Å². The SMILES string of the molecule is C[C@@H]1CN(Cc2ccc(-c3ccccc3C(=O)N3CCC(Oc4ccc(F)cc4)CC3)cc2)C[C@H](C)N1. The van der Waals surface area contributed by atoms with E-state index in [0.29, 0.717) is 30.9 Å². The fourth-order valence-corrected chi connectivity index (χ4v) is 5.59. The van der Waals surface area contributed by atoms with Crippen LogP contribution in [0.2, 0.25) is 0 Å². The summed E-state index contributed by atoms with van der Waals surface area (Å²) >= 11 is 0. The summed E-state index contributed by atoms with van der Waals surface area (Å²) in [6.07, 6.45) is 1.53. The lowest BCUT2D eigenvalue weighted by Crippen LogP contribution is -2.53. The Bertz CT molecular complexity index is 1180. The summed E-state index contributed by atoms with van der Waals surface area (Å²) in [5.74, 6) is 0.453. The highest BCUT2D eigenvalue weighted by Gasteiger charge is 2.26. The van der Waals surface area contributed by atoms with E-state index in [1.807, 2.05) is 29.2 Å². The highest BCUT2D eigenvalue weighted by Crippen LogP contribution is 2.27.